The summed E-state index contributed by atoms with van der Waals surface area (Å²) in [4.78, 5) is 14.4. The van der Waals surface area contributed by atoms with E-state index in [0.29, 0.717) is 38.5 Å². The molecule has 1 aromatic heterocycles. The van der Waals surface area contributed by atoms with Gasteiger partial charge in [0.2, 0.25) is 0 Å². The lowest BCUT2D eigenvalue weighted by Gasteiger charge is -2.22. The van der Waals surface area contributed by atoms with Crippen LogP contribution < -0.4 is 10.1 Å². The minimum atomic E-state index is -0.266. The molecule has 170 valence electrons. The maximum Gasteiger partial charge on any atom is 0.286 e. The van der Waals surface area contributed by atoms with Crippen molar-refractivity contribution in [1.82, 2.24) is 10.2 Å². The van der Waals surface area contributed by atoms with Crippen LogP contribution in [-0.2, 0) is 24.4 Å². The number of halogens is 1. The highest BCUT2D eigenvalue weighted by Gasteiger charge is 2.15. The molecule has 0 aliphatic rings. The Hall–Kier alpha value is -3.16. The fourth-order valence-corrected chi connectivity index (χ4v) is 3.36. The number of ether oxygens (including phenoxy) is 2. The van der Waals surface area contributed by atoms with Crippen molar-refractivity contribution >= 4 is 5.91 Å². The predicted molar refractivity (Wildman–Crippen MR) is 120 cm³/mol. The molecule has 0 unspecified atom stereocenters. The molecule has 6 nitrogen and oxygen atoms in total. The van der Waals surface area contributed by atoms with E-state index in [2.05, 4.69) is 10.2 Å². The molecule has 1 heterocycles. The minimum Gasteiger partial charge on any atom is -0.497 e. The molecule has 3 aromatic rings. The van der Waals surface area contributed by atoms with E-state index >= 15 is 0 Å². The fraction of sp³-hybridized carbons (Fsp3) is 0.320. The van der Waals surface area contributed by atoms with E-state index in [1.165, 1.54) is 12.1 Å². The van der Waals surface area contributed by atoms with Crippen LogP contribution in [0.1, 0.15) is 33.9 Å². The lowest BCUT2D eigenvalue weighted by atomic mass is 10.1. The summed E-state index contributed by atoms with van der Waals surface area (Å²) in [5.74, 6) is 1.21. The minimum absolute atomic E-state index is 0.251. The van der Waals surface area contributed by atoms with Gasteiger partial charge in [-0.25, -0.2) is 4.39 Å². The summed E-state index contributed by atoms with van der Waals surface area (Å²) in [6.07, 6.45) is 0.735. The topological polar surface area (TPSA) is 63.9 Å². The second-order valence-corrected chi connectivity index (χ2v) is 7.49. The number of amides is 1. The van der Waals surface area contributed by atoms with E-state index in [0.717, 1.165) is 23.3 Å². The zero-order valence-corrected chi connectivity index (χ0v) is 18.5. The van der Waals surface area contributed by atoms with Gasteiger partial charge in [0, 0.05) is 33.4 Å². The molecule has 32 heavy (non-hydrogen) atoms. The smallest absolute Gasteiger partial charge is 0.286 e. The predicted octanol–water partition coefficient (Wildman–Crippen LogP) is 4.40. The van der Waals surface area contributed by atoms with Crippen molar-refractivity contribution in [3.63, 3.8) is 0 Å². The number of rotatable bonds is 12. The Kier molecular flexibility index (Phi) is 8.83. The second kappa shape index (κ2) is 12.0. The van der Waals surface area contributed by atoms with Crippen LogP contribution in [0, 0.1) is 5.82 Å². The number of carbonyl (C=O) groups is 1. The molecular formula is C25H29FN2O4. The SMILES string of the molecule is COCCCNC(=O)c1ccc(CN(Cc2ccc(OC)cc2)Cc2cccc(F)c2)o1. The first-order valence-corrected chi connectivity index (χ1v) is 10.5. The summed E-state index contributed by atoms with van der Waals surface area (Å²) >= 11 is 0. The molecule has 1 N–H and O–H groups in total. The highest BCUT2D eigenvalue weighted by atomic mass is 19.1. The first-order chi connectivity index (χ1) is 15.6. The van der Waals surface area contributed by atoms with Crippen LogP contribution in [0.5, 0.6) is 5.75 Å². The van der Waals surface area contributed by atoms with E-state index in [4.69, 9.17) is 13.9 Å². The monoisotopic (exact) mass is 440 g/mol. The zero-order valence-electron chi connectivity index (χ0n) is 18.5. The molecule has 0 atom stereocenters. The zero-order chi connectivity index (χ0) is 22.8. The molecule has 7 heteroatoms. The number of benzene rings is 2. The van der Waals surface area contributed by atoms with Gasteiger partial charge < -0.3 is 19.2 Å². The Morgan fingerprint density at radius 3 is 2.50 bits per heavy atom. The van der Waals surface area contributed by atoms with Crippen LogP contribution in [-0.4, -0.2) is 38.2 Å². The maximum absolute atomic E-state index is 13.7. The van der Waals surface area contributed by atoms with Crippen molar-refractivity contribution in [2.75, 3.05) is 27.4 Å². The summed E-state index contributed by atoms with van der Waals surface area (Å²) in [7, 11) is 3.26. The number of nitrogens with zero attached hydrogens (tertiary/aromatic N) is 1. The normalized spacial score (nSPS) is 11.0. The highest BCUT2D eigenvalue weighted by molar-refractivity contribution is 5.91. The first kappa shape index (κ1) is 23.5. The van der Waals surface area contributed by atoms with Crippen LogP contribution in [0.25, 0.3) is 0 Å². The Bertz CT molecular complexity index is 988. The molecule has 0 bridgehead atoms. The van der Waals surface area contributed by atoms with E-state index in [9.17, 15) is 9.18 Å². The molecule has 0 aliphatic heterocycles. The first-order valence-electron chi connectivity index (χ1n) is 10.5. The van der Waals surface area contributed by atoms with Gasteiger partial charge in [0.1, 0.15) is 17.3 Å². The number of nitrogens with one attached hydrogen (secondary N) is 1. The number of hydrogen-bond acceptors (Lipinski definition) is 5. The Morgan fingerprint density at radius 2 is 1.78 bits per heavy atom. The van der Waals surface area contributed by atoms with Gasteiger partial charge in [0.05, 0.1) is 13.7 Å². The van der Waals surface area contributed by atoms with Crippen LogP contribution in [0.4, 0.5) is 4.39 Å². The van der Waals surface area contributed by atoms with Gasteiger partial charge in [-0.15, -0.1) is 0 Å². The molecule has 0 saturated heterocycles. The third-order valence-corrected chi connectivity index (χ3v) is 4.94. The van der Waals surface area contributed by atoms with E-state index in [-0.39, 0.29) is 17.5 Å². The summed E-state index contributed by atoms with van der Waals surface area (Å²) in [6, 6.07) is 17.9. The quantitative estimate of drug-likeness (QED) is 0.423. The highest BCUT2D eigenvalue weighted by Crippen LogP contribution is 2.18. The lowest BCUT2D eigenvalue weighted by Crippen LogP contribution is -2.25. The van der Waals surface area contributed by atoms with Gasteiger partial charge in [-0.1, -0.05) is 24.3 Å². The molecule has 0 saturated carbocycles. The Morgan fingerprint density at radius 1 is 1.00 bits per heavy atom. The van der Waals surface area contributed by atoms with Crippen molar-refractivity contribution in [3.05, 3.63) is 89.1 Å². The summed E-state index contributed by atoms with van der Waals surface area (Å²) in [6.45, 7) is 2.73. The van der Waals surface area contributed by atoms with Gasteiger partial charge in [-0.05, 0) is 53.9 Å². The molecule has 2 aromatic carbocycles. The summed E-state index contributed by atoms with van der Waals surface area (Å²) in [5.41, 5.74) is 1.95. The van der Waals surface area contributed by atoms with Gasteiger partial charge in [-0.2, -0.15) is 0 Å². The molecule has 0 radical (unpaired) electrons. The van der Waals surface area contributed by atoms with Crippen molar-refractivity contribution in [2.45, 2.75) is 26.1 Å². The molecule has 0 spiro atoms. The van der Waals surface area contributed by atoms with Crippen LogP contribution in [0.15, 0.2) is 65.1 Å². The maximum atomic E-state index is 13.7. The molecule has 0 aliphatic carbocycles. The molecule has 0 fully saturated rings. The molecular weight excluding hydrogens is 411 g/mol. The van der Waals surface area contributed by atoms with Gasteiger partial charge >= 0.3 is 0 Å². The largest absolute Gasteiger partial charge is 0.497 e. The third-order valence-electron chi connectivity index (χ3n) is 4.94. The average Bonchev–Trinajstić information content (AvgIpc) is 3.26. The average molecular weight is 441 g/mol. The molecule has 1 amide bonds. The van der Waals surface area contributed by atoms with Crippen LogP contribution in [0.2, 0.25) is 0 Å². The van der Waals surface area contributed by atoms with Crippen molar-refractivity contribution in [2.24, 2.45) is 0 Å². The van der Waals surface area contributed by atoms with Crippen molar-refractivity contribution in [3.8, 4) is 5.75 Å². The number of methoxy groups -OCH3 is 2. The Labute approximate surface area is 187 Å². The number of hydrogen-bond donors (Lipinski definition) is 1. The van der Waals surface area contributed by atoms with E-state index in [1.54, 1.807) is 32.4 Å². The van der Waals surface area contributed by atoms with E-state index in [1.807, 2.05) is 30.3 Å². The number of furan rings is 1. The second-order valence-electron chi connectivity index (χ2n) is 7.49. The standard InChI is InChI=1S/C25H29FN2O4/c1-30-14-4-13-27-25(29)24-12-11-23(32-24)18-28(17-20-5-3-6-21(26)15-20)16-19-7-9-22(31-2)10-8-19/h3,5-12,15H,4,13-14,16-18H2,1-2H3,(H,27,29). The van der Waals surface area contributed by atoms with Gasteiger partial charge in [-0.3, -0.25) is 9.69 Å². The fourth-order valence-electron chi connectivity index (χ4n) is 3.36. The summed E-state index contributed by atoms with van der Waals surface area (Å²) < 4.78 is 29.7. The molecule has 3 rings (SSSR count). The van der Waals surface area contributed by atoms with Crippen molar-refractivity contribution < 1.29 is 23.1 Å². The Balaban J connectivity index is 1.69. The van der Waals surface area contributed by atoms with E-state index < -0.39 is 0 Å². The summed E-state index contributed by atoms with van der Waals surface area (Å²) in [5, 5.41) is 2.82. The van der Waals surface area contributed by atoms with Crippen LogP contribution in [0.3, 0.4) is 0 Å². The van der Waals surface area contributed by atoms with Gasteiger partial charge in [0.25, 0.3) is 5.91 Å². The van der Waals surface area contributed by atoms with Crippen LogP contribution >= 0.6 is 0 Å². The van der Waals surface area contributed by atoms with Crippen molar-refractivity contribution in [1.29, 1.82) is 0 Å². The lowest BCUT2D eigenvalue weighted by molar-refractivity contribution is 0.0916. The number of carbonyl (C=O) groups excluding carboxylic acids is 1. The third kappa shape index (κ3) is 7.21. The van der Waals surface area contributed by atoms with Gasteiger partial charge in [0.15, 0.2) is 5.76 Å².